The number of pyridine rings is 2. The van der Waals surface area contributed by atoms with E-state index in [1.54, 1.807) is 32.8 Å². The smallest absolute Gasteiger partial charge is 0.315 e. The predicted octanol–water partition coefficient (Wildman–Crippen LogP) is 3.16. The van der Waals surface area contributed by atoms with Crippen molar-refractivity contribution in [2.24, 2.45) is 0 Å². The van der Waals surface area contributed by atoms with Crippen LogP contribution in [0.1, 0.15) is 11.1 Å². The maximum Gasteiger partial charge on any atom is 0.315 e. The van der Waals surface area contributed by atoms with Crippen LogP contribution in [-0.4, -0.2) is 30.2 Å². The summed E-state index contributed by atoms with van der Waals surface area (Å²) in [7, 11) is 3.16. The van der Waals surface area contributed by atoms with Crippen molar-refractivity contribution in [2.75, 3.05) is 14.2 Å². The average molecular weight is 378 g/mol. The van der Waals surface area contributed by atoms with Crippen LogP contribution in [0.5, 0.6) is 11.5 Å². The molecule has 2 heterocycles. The first-order valence-corrected chi connectivity index (χ1v) is 8.77. The zero-order valence-corrected chi connectivity index (χ0v) is 15.8. The third kappa shape index (κ3) is 4.97. The van der Waals surface area contributed by atoms with Crippen molar-refractivity contribution in [3.8, 4) is 22.8 Å². The number of hydrogen-bond donors (Lipinski definition) is 2. The molecule has 0 saturated carbocycles. The van der Waals surface area contributed by atoms with Crippen LogP contribution in [0.4, 0.5) is 4.79 Å². The number of amides is 2. The highest BCUT2D eigenvalue weighted by molar-refractivity contribution is 5.74. The summed E-state index contributed by atoms with van der Waals surface area (Å²) in [6, 6.07) is 12.9. The second-order valence-corrected chi connectivity index (χ2v) is 6.02. The number of carbonyl (C=O) groups excluding carboxylic acids is 1. The molecule has 0 spiro atoms. The largest absolute Gasteiger partial charge is 0.493 e. The zero-order valence-electron chi connectivity index (χ0n) is 15.8. The fourth-order valence-corrected chi connectivity index (χ4v) is 2.67. The van der Waals surface area contributed by atoms with Crippen molar-refractivity contribution in [3.63, 3.8) is 0 Å². The van der Waals surface area contributed by atoms with Gasteiger partial charge in [0.15, 0.2) is 11.5 Å². The number of aromatic nitrogens is 2. The van der Waals surface area contributed by atoms with Crippen LogP contribution in [-0.2, 0) is 13.1 Å². The average Bonchev–Trinajstić information content (AvgIpc) is 2.76. The Bertz CT molecular complexity index is 932. The summed E-state index contributed by atoms with van der Waals surface area (Å²) in [5, 5.41) is 5.68. The van der Waals surface area contributed by atoms with Gasteiger partial charge in [-0.25, -0.2) is 4.79 Å². The van der Waals surface area contributed by atoms with Gasteiger partial charge in [-0.2, -0.15) is 0 Å². The first-order valence-electron chi connectivity index (χ1n) is 8.77. The lowest BCUT2D eigenvalue weighted by Gasteiger charge is -2.11. The Morgan fingerprint density at radius 2 is 1.68 bits per heavy atom. The van der Waals surface area contributed by atoms with E-state index in [1.807, 2.05) is 42.5 Å². The molecule has 28 heavy (non-hydrogen) atoms. The monoisotopic (exact) mass is 378 g/mol. The maximum absolute atomic E-state index is 12.1. The third-order valence-corrected chi connectivity index (χ3v) is 4.14. The summed E-state index contributed by atoms with van der Waals surface area (Å²) < 4.78 is 10.5. The van der Waals surface area contributed by atoms with Crippen LogP contribution in [0.2, 0.25) is 0 Å². The Balaban J connectivity index is 1.54. The lowest BCUT2D eigenvalue weighted by atomic mass is 10.1. The minimum atomic E-state index is -0.255. The number of urea groups is 1. The summed E-state index contributed by atoms with van der Waals surface area (Å²) in [6.45, 7) is 0.775. The molecule has 0 saturated heterocycles. The Morgan fingerprint density at radius 1 is 0.929 bits per heavy atom. The van der Waals surface area contributed by atoms with Gasteiger partial charge in [0.05, 0.1) is 19.9 Å². The van der Waals surface area contributed by atoms with Gasteiger partial charge in [0.2, 0.25) is 0 Å². The molecule has 7 nitrogen and oxygen atoms in total. The summed E-state index contributed by atoms with van der Waals surface area (Å²) in [4.78, 5) is 20.6. The van der Waals surface area contributed by atoms with Gasteiger partial charge in [-0.3, -0.25) is 9.97 Å². The van der Waals surface area contributed by atoms with Crippen molar-refractivity contribution < 1.29 is 14.3 Å². The molecular weight excluding hydrogens is 356 g/mol. The molecule has 1 aromatic carbocycles. The van der Waals surface area contributed by atoms with Crippen LogP contribution in [0.15, 0.2) is 61.1 Å². The second kappa shape index (κ2) is 9.36. The Hall–Kier alpha value is -3.61. The highest BCUT2D eigenvalue weighted by Crippen LogP contribution is 2.27. The van der Waals surface area contributed by atoms with Crippen molar-refractivity contribution in [2.45, 2.75) is 13.1 Å². The normalized spacial score (nSPS) is 10.2. The van der Waals surface area contributed by atoms with Gasteiger partial charge in [-0.15, -0.1) is 0 Å². The minimum absolute atomic E-state index is 0.255. The molecule has 0 unspecified atom stereocenters. The van der Waals surface area contributed by atoms with Crippen molar-refractivity contribution in [3.05, 3.63) is 72.2 Å². The molecule has 0 fully saturated rings. The van der Waals surface area contributed by atoms with E-state index in [4.69, 9.17) is 9.47 Å². The van der Waals surface area contributed by atoms with Gasteiger partial charge >= 0.3 is 6.03 Å². The Morgan fingerprint density at radius 3 is 2.36 bits per heavy atom. The topological polar surface area (TPSA) is 85.4 Å². The molecule has 0 aliphatic carbocycles. The molecule has 0 aliphatic heterocycles. The fraction of sp³-hybridized carbons (Fsp3) is 0.190. The molecule has 0 radical (unpaired) electrons. The van der Waals surface area contributed by atoms with Gasteiger partial charge in [0, 0.05) is 37.2 Å². The van der Waals surface area contributed by atoms with E-state index >= 15 is 0 Å². The number of carbonyl (C=O) groups is 1. The first kappa shape index (κ1) is 19.2. The SMILES string of the molecule is COc1ccc(CNC(=O)NCc2ccnc(-c3cccnc3)c2)cc1OC. The minimum Gasteiger partial charge on any atom is -0.493 e. The second-order valence-electron chi connectivity index (χ2n) is 6.02. The molecule has 7 heteroatoms. The maximum atomic E-state index is 12.1. The summed E-state index contributed by atoms with van der Waals surface area (Å²) in [6.07, 6.45) is 5.20. The van der Waals surface area contributed by atoms with Crippen molar-refractivity contribution in [1.29, 1.82) is 0 Å². The Kier molecular flexibility index (Phi) is 6.41. The molecule has 144 valence electrons. The van der Waals surface area contributed by atoms with Gasteiger partial charge < -0.3 is 20.1 Å². The molecule has 0 bridgehead atoms. The molecule has 2 aromatic heterocycles. The van der Waals surface area contributed by atoms with Gasteiger partial charge in [0.25, 0.3) is 0 Å². The van der Waals surface area contributed by atoms with Crippen LogP contribution >= 0.6 is 0 Å². The number of benzene rings is 1. The molecule has 2 N–H and O–H groups in total. The van der Waals surface area contributed by atoms with E-state index in [2.05, 4.69) is 20.6 Å². The quantitative estimate of drug-likeness (QED) is 0.660. The van der Waals surface area contributed by atoms with Crippen LogP contribution in [0.25, 0.3) is 11.3 Å². The highest BCUT2D eigenvalue weighted by Gasteiger charge is 2.07. The van der Waals surface area contributed by atoms with E-state index < -0.39 is 0 Å². The van der Waals surface area contributed by atoms with Gasteiger partial charge in [-0.05, 0) is 47.5 Å². The lowest BCUT2D eigenvalue weighted by molar-refractivity contribution is 0.240. The molecular formula is C21H22N4O3. The lowest BCUT2D eigenvalue weighted by Crippen LogP contribution is -2.34. The van der Waals surface area contributed by atoms with Gasteiger partial charge in [-0.1, -0.05) is 6.07 Å². The first-order chi connectivity index (χ1) is 13.7. The van der Waals surface area contributed by atoms with E-state index in [0.29, 0.717) is 24.6 Å². The Labute approximate surface area is 163 Å². The molecule has 3 aromatic rings. The van der Waals surface area contributed by atoms with Gasteiger partial charge in [0.1, 0.15) is 0 Å². The van der Waals surface area contributed by atoms with E-state index in [9.17, 15) is 4.79 Å². The number of ether oxygens (including phenoxy) is 2. The number of hydrogen-bond acceptors (Lipinski definition) is 5. The zero-order chi connectivity index (χ0) is 19.8. The number of nitrogens with one attached hydrogen (secondary N) is 2. The third-order valence-electron chi connectivity index (χ3n) is 4.14. The van der Waals surface area contributed by atoms with Crippen molar-refractivity contribution >= 4 is 6.03 Å². The van der Waals surface area contributed by atoms with E-state index in [1.165, 1.54) is 0 Å². The molecule has 2 amide bonds. The van der Waals surface area contributed by atoms with E-state index in [-0.39, 0.29) is 6.03 Å². The van der Waals surface area contributed by atoms with Crippen LogP contribution in [0, 0.1) is 0 Å². The molecule has 0 atom stereocenters. The van der Waals surface area contributed by atoms with E-state index in [0.717, 1.165) is 22.4 Å². The summed E-state index contributed by atoms with van der Waals surface area (Å²) >= 11 is 0. The predicted molar refractivity (Wildman–Crippen MR) is 106 cm³/mol. The summed E-state index contributed by atoms with van der Waals surface area (Å²) in [5.74, 6) is 1.28. The number of rotatable bonds is 7. The number of nitrogens with zero attached hydrogens (tertiary/aromatic N) is 2. The summed E-state index contributed by atoms with van der Waals surface area (Å²) in [5.41, 5.74) is 3.62. The molecule has 3 rings (SSSR count). The fourth-order valence-electron chi connectivity index (χ4n) is 2.67. The highest BCUT2D eigenvalue weighted by atomic mass is 16.5. The van der Waals surface area contributed by atoms with Crippen molar-refractivity contribution in [1.82, 2.24) is 20.6 Å². The molecule has 0 aliphatic rings. The van der Waals surface area contributed by atoms with Crippen LogP contribution < -0.4 is 20.1 Å². The van der Waals surface area contributed by atoms with Crippen LogP contribution in [0.3, 0.4) is 0 Å². The number of methoxy groups -OCH3 is 2. The standard InChI is InChI=1S/C21H22N4O3/c1-27-19-6-5-15(11-20(19)28-2)12-24-21(26)25-13-16-7-9-23-18(10-16)17-4-3-8-22-14-17/h3-11,14H,12-13H2,1-2H3,(H2,24,25,26).